The summed E-state index contributed by atoms with van der Waals surface area (Å²) in [7, 11) is 1.56. The number of hydrogen-bond donors (Lipinski definition) is 0. The number of methoxy groups -OCH3 is 1. The van der Waals surface area contributed by atoms with Crippen molar-refractivity contribution in [3.8, 4) is 23.0 Å². The number of nitro benzene ring substituents is 1. The number of halogens is 1. The third-order valence-corrected chi connectivity index (χ3v) is 4.01. The van der Waals surface area contributed by atoms with Crippen LogP contribution >= 0.6 is 11.6 Å². The van der Waals surface area contributed by atoms with Gasteiger partial charge in [-0.3, -0.25) is 10.1 Å². The van der Waals surface area contributed by atoms with Crippen LogP contribution in [0.3, 0.4) is 0 Å². The number of benzene rings is 2. The molecule has 0 N–H and O–H groups in total. The Morgan fingerprint density at radius 3 is 2.61 bits per heavy atom. The highest BCUT2D eigenvalue weighted by Crippen LogP contribution is 2.31. The van der Waals surface area contributed by atoms with Crippen molar-refractivity contribution in [3.05, 3.63) is 64.0 Å². The smallest absolute Gasteiger partial charge is 0.269 e. The van der Waals surface area contributed by atoms with Crippen molar-refractivity contribution in [2.24, 2.45) is 0 Å². The Hall–Kier alpha value is -3.39. The number of ether oxygens (including phenoxy) is 2. The number of hydrogen-bond acceptors (Lipinski definition) is 7. The SMILES string of the molecule is CCOc1ccc(/C=C(\Cl)c2nnc(-c3ccc([N+](=O)[O-])cc3)o2)cc1OC. The molecule has 0 unspecified atom stereocenters. The number of rotatable bonds is 7. The first kappa shape index (κ1) is 19.4. The topological polar surface area (TPSA) is 101 Å². The Morgan fingerprint density at radius 1 is 1.21 bits per heavy atom. The normalized spacial score (nSPS) is 11.3. The monoisotopic (exact) mass is 401 g/mol. The van der Waals surface area contributed by atoms with Crippen LogP contribution in [0.5, 0.6) is 11.5 Å². The predicted octanol–water partition coefficient (Wildman–Crippen LogP) is 4.79. The van der Waals surface area contributed by atoms with Crippen molar-refractivity contribution in [2.45, 2.75) is 6.92 Å². The van der Waals surface area contributed by atoms with Crippen LogP contribution in [0.4, 0.5) is 5.69 Å². The zero-order chi connectivity index (χ0) is 20.1. The lowest BCUT2D eigenvalue weighted by Crippen LogP contribution is -1.95. The molecule has 0 saturated heterocycles. The van der Waals surface area contributed by atoms with Gasteiger partial charge in [0, 0.05) is 17.7 Å². The molecule has 0 aliphatic carbocycles. The zero-order valence-corrected chi connectivity index (χ0v) is 15.8. The highest BCUT2D eigenvalue weighted by atomic mass is 35.5. The highest BCUT2D eigenvalue weighted by Gasteiger charge is 2.13. The lowest BCUT2D eigenvalue weighted by molar-refractivity contribution is -0.384. The van der Waals surface area contributed by atoms with Crippen molar-refractivity contribution in [1.29, 1.82) is 0 Å². The standard InChI is InChI=1S/C19H16ClN3O5/c1-3-27-16-9-4-12(11-17(16)26-2)10-15(20)19-22-21-18(28-19)13-5-7-14(8-6-13)23(24)25/h4-11H,3H2,1-2H3/b15-10-. The van der Waals surface area contributed by atoms with Crippen LogP contribution in [-0.2, 0) is 0 Å². The van der Waals surface area contributed by atoms with E-state index in [1.165, 1.54) is 24.3 Å². The number of nitrogens with zero attached hydrogens (tertiary/aromatic N) is 3. The number of nitro groups is 1. The fourth-order valence-corrected chi connectivity index (χ4v) is 2.62. The van der Waals surface area contributed by atoms with Crippen LogP contribution in [0.2, 0.25) is 0 Å². The Balaban J connectivity index is 1.83. The lowest BCUT2D eigenvalue weighted by Gasteiger charge is -2.09. The predicted molar refractivity (Wildman–Crippen MR) is 104 cm³/mol. The summed E-state index contributed by atoms with van der Waals surface area (Å²) in [5.41, 5.74) is 1.29. The quantitative estimate of drug-likeness (QED) is 0.414. The van der Waals surface area contributed by atoms with Gasteiger partial charge in [0.25, 0.3) is 11.6 Å². The minimum atomic E-state index is -0.478. The molecule has 0 amide bonds. The summed E-state index contributed by atoms with van der Waals surface area (Å²) in [6.07, 6.45) is 1.66. The molecule has 0 saturated carbocycles. The second-order valence-electron chi connectivity index (χ2n) is 5.55. The largest absolute Gasteiger partial charge is 0.493 e. The van der Waals surface area contributed by atoms with E-state index in [0.717, 1.165) is 5.56 Å². The van der Waals surface area contributed by atoms with E-state index in [1.807, 2.05) is 13.0 Å². The first-order valence-corrected chi connectivity index (χ1v) is 8.66. The fraction of sp³-hybridized carbons (Fsp3) is 0.158. The van der Waals surface area contributed by atoms with E-state index in [1.54, 1.807) is 25.3 Å². The second kappa shape index (κ2) is 8.53. The van der Waals surface area contributed by atoms with Gasteiger partial charge in [0.1, 0.15) is 5.03 Å². The summed E-state index contributed by atoms with van der Waals surface area (Å²) >= 11 is 6.31. The molecule has 1 aromatic heterocycles. The van der Waals surface area contributed by atoms with Gasteiger partial charge in [0.2, 0.25) is 5.89 Å². The minimum absolute atomic E-state index is 0.0223. The fourth-order valence-electron chi connectivity index (χ4n) is 2.42. The van der Waals surface area contributed by atoms with E-state index < -0.39 is 4.92 Å². The van der Waals surface area contributed by atoms with Crippen molar-refractivity contribution in [2.75, 3.05) is 13.7 Å². The lowest BCUT2D eigenvalue weighted by atomic mass is 10.2. The molecule has 0 radical (unpaired) electrons. The van der Waals surface area contributed by atoms with Gasteiger partial charge in [0.05, 0.1) is 18.6 Å². The van der Waals surface area contributed by atoms with Crippen LogP contribution in [0, 0.1) is 10.1 Å². The van der Waals surface area contributed by atoms with Gasteiger partial charge in [0.15, 0.2) is 11.5 Å². The number of aromatic nitrogens is 2. The molecule has 0 bridgehead atoms. The Bertz CT molecular complexity index is 1010. The Labute approximate surface area is 165 Å². The van der Waals surface area contributed by atoms with Gasteiger partial charge in [-0.1, -0.05) is 17.7 Å². The van der Waals surface area contributed by atoms with E-state index >= 15 is 0 Å². The summed E-state index contributed by atoms with van der Waals surface area (Å²) in [5.74, 6) is 1.55. The summed E-state index contributed by atoms with van der Waals surface area (Å²) in [6, 6.07) is 11.2. The van der Waals surface area contributed by atoms with Crippen molar-refractivity contribution in [3.63, 3.8) is 0 Å². The maximum Gasteiger partial charge on any atom is 0.269 e. The first-order chi connectivity index (χ1) is 13.5. The van der Waals surface area contributed by atoms with Gasteiger partial charge in [-0.25, -0.2) is 0 Å². The Morgan fingerprint density at radius 2 is 1.96 bits per heavy atom. The van der Waals surface area contributed by atoms with Crippen molar-refractivity contribution in [1.82, 2.24) is 10.2 Å². The average molecular weight is 402 g/mol. The number of non-ortho nitro benzene ring substituents is 1. The van der Waals surface area contributed by atoms with Crippen LogP contribution in [-0.4, -0.2) is 28.8 Å². The molecule has 1 heterocycles. The second-order valence-corrected chi connectivity index (χ2v) is 5.96. The molecular weight excluding hydrogens is 386 g/mol. The van der Waals surface area contributed by atoms with Gasteiger partial charge in [-0.15, -0.1) is 10.2 Å². The Kier molecular flexibility index (Phi) is 5.90. The van der Waals surface area contributed by atoms with Crippen LogP contribution in [0.15, 0.2) is 46.9 Å². The molecule has 28 heavy (non-hydrogen) atoms. The molecule has 2 aromatic carbocycles. The minimum Gasteiger partial charge on any atom is -0.493 e. The zero-order valence-electron chi connectivity index (χ0n) is 15.1. The molecular formula is C19H16ClN3O5. The van der Waals surface area contributed by atoms with Gasteiger partial charge < -0.3 is 13.9 Å². The molecule has 0 aliphatic rings. The van der Waals surface area contributed by atoms with E-state index in [4.69, 9.17) is 25.5 Å². The van der Waals surface area contributed by atoms with E-state index in [0.29, 0.717) is 23.7 Å². The average Bonchev–Trinajstić information content (AvgIpc) is 3.19. The first-order valence-electron chi connectivity index (χ1n) is 8.28. The van der Waals surface area contributed by atoms with Gasteiger partial charge >= 0.3 is 0 Å². The third kappa shape index (κ3) is 4.29. The molecule has 3 rings (SSSR count). The van der Waals surface area contributed by atoms with E-state index in [2.05, 4.69) is 10.2 Å². The van der Waals surface area contributed by atoms with Crippen molar-refractivity contribution >= 4 is 28.4 Å². The molecule has 0 aliphatic heterocycles. The molecule has 144 valence electrons. The van der Waals surface area contributed by atoms with Crippen LogP contribution in [0.25, 0.3) is 22.6 Å². The van der Waals surface area contributed by atoms with Crippen LogP contribution in [0.1, 0.15) is 18.4 Å². The van der Waals surface area contributed by atoms with Crippen LogP contribution < -0.4 is 9.47 Å². The summed E-state index contributed by atoms with van der Waals surface area (Å²) < 4.78 is 16.4. The molecule has 3 aromatic rings. The third-order valence-electron chi connectivity index (χ3n) is 3.74. The van der Waals surface area contributed by atoms with Crippen molar-refractivity contribution < 1.29 is 18.8 Å². The molecule has 0 spiro atoms. The maximum absolute atomic E-state index is 10.7. The molecule has 0 atom stereocenters. The van der Waals surface area contributed by atoms with Gasteiger partial charge in [-0.2, -0.15) is 0 Å². The maximum atomic E-state index is 10.7. The van der Waals surface area contributed by atoms with E-state index in [-0.39, 0.29) is 22.5 Å². The molecule has 8 nitrogen and oxygen atoms in total. The summed E-state index contributed by atoms with van der Waals surface area (Å²) in [4.78, 5) is 10.3. The van der Waals surface area contributed by atoms with E-state index in [9.17, 15) is 10.1 Å². The molecule has 9 heteroatoms. The highest BCUT2D eigenvalue weighted by molar-refractivity contribution is 6.50. The van der Waals surface area contributed by atoms with Gasteiger partial charge in [-0.05, 0) is 42.8 Å². The molecule has 0 fully saturated rings. The summed E-state index contributed by atoms with van der Waals surface area (Å²) in [6.45, 7) is 2.42. The summed E-state index contributed by atoms with van der Waals surface area (Å²) in [5, 5.41) is 18.8.